The van der Waals surface area contributed by atoms with Gasteiger partial charge in [0.2, 0.25) is 5.95 Å². The fourth-order valence-electron chi connectivity index (χ4n) is 5.48. The summed E-state index contributed by atoms with van der Waals surface area (Å²) in [5, 5.41) is 12.6. The Morgan fingerprint density at radius 1 is 1.11 bits per heavy atom. The second kappa shape index (κ2) is 9.23. The van der Waals surface area contributed by atoms with E-state index in [2.05, 4.69) is 44.1 Å². The summed E-state index contributed by atoms with van der Waals surface area (Å²) >= 11 is 0. The van der Waals surface area contributed by atoms with Crippen molar-refractivity contribution < 1.29 is 9.90 Å². The molecule has 2 unspecified atom stereocenters. The van der Waals surface area contributed by atoms with Crippen molar-refractivity contribution in [1.29, 1.82) is 0 Å². The molecule has 184 valence electrons. The van der Waals surface area contributed by atoms with Crippen LogP contribution in [0, 0.1) is 0 Å². The number of aromatic nitrogens is 4. The number of carboxylic acid groups (broad SMARTS) is 1. The van der Waals surface area contributed by atoms with Crippen LogP contribution < -0.4 is 10.2 Å². The molecule has 0 spiro atoms. The van der Waals surface area contributed by atoms with Gasteiger partial charge in [-0.3, -0.25) is 14.1 Å². The average Bonchev–Trinajstić information content (AvgIpc) is 3.63. The summed E-state index contributed by atoms with van der Waals surface area (Å²) < 4.78 is 2.05. The minimum Gasteiger partial charge on any atom is -0.481 e. The minimum absolute atomic E-state index is 0.122. The van der Waals surface area contributed by atoms with Crippen LogP contribution in [-0.2, 0) is 4.79 Å². The number of nitrogens with one attached hydrogen (secondary N) is 1. The van der Waals surface area contributed by atoms with Gasteiger partial charge in [-0.25, -0.2) is 15.0 Å². The molecule has 2 aliphatic rings. The third kappa shape index (κ3) is 4.26. The molecule has 0 saturated carbocycles. The molecular weight excluding hydrogens is 454 g/mol. The summed E-state index contributed by atoms with van der Waals surface area (Å²) in [7, 11) is 0. The van der Waals surface area contributed by atoms with Gasteiger partial charge in [0.15, 0.2) is 0 Å². The Balaban J connectivity index is 1.26. The molecule has 0 radical (unpaired) electrons. The molecule has 6 rings (SSSR count). The maximum absolute atomic E-state index is 11.0. The monoisotopic (exact) mass is 483 g/mol. The summed E-state index contributed by atoms with van der Waals surface area (Å²) in [5.41, 5.74) is 3.88. The highest BCUT2D eigenvalue weighted by atomic mass is 16.4. The Morgan fingerprint density at radius 3 is 2.75 bits per heavy atom. The fourth-order valence-corrected chi connectivity index (χ4v) is 5.48. The number of imidazole rings is 1. The number of aliphatic carboxylic acids is 1. The van der Waals surface area contributed by atoms with E-state index in [1.165, 1.54) is 5.56 Å². The first-order valence-corrected chi connectivity index (χ1v) is 12.4. The highest BCUT2D eigenvalue weighted by molar-refractivity contribution is 5.69. The summed E-state index contributed by atoms with van der Waals surface area (Å²) in [6, 6.07) is 17.1. The van der Waals surface area contributed by atoms with Crippen molar-refractivity contribution in [1.82, 2.24) is 24.3 Å². The first-order chi connectivity index (χ1) is 17.5. The molecule has 0 amide bonds. The number of carboxylic acids is 1. The highest BCUT2D eigenvalue weighted by Crippen LogP contribution is 2.35. The number of piperazine rings is 1. The maximum atomic E-state index is 11.0. The number of rotatable bonds is 8. The summed E-state index contributed by atoms with van der Waals surface area (Å²) in [6.07, 6.45) is 6.78. The summed E-state index contributed by atoms with van der Waals surface area (Å²) in [6.45, 7) is 4.43. The molecule has 0 aliphatic carbocycles. The van der Waals surface area contributed by atoms with Crippen molar-refractivity contribution in [3.8, 4) is 11.3 Å². The van der Waals surface area contributed by atoms with Crippen LogP contribution in [0.4, 0.5) is 11.8 Å². The number of nitrogens with zero attached hydrogens (tertiary/aromatic N) is 6. The Hall–Kier alpha value is -3.98. The van der Waals surface area contributed by atoms with Gasteiger partial charge in [0.1, 0.15) is 11.5 Å². The fraction of sp³-hybridized carbons (Fsp3) is 0.333. The molecule has 3 aromatic heterocycles. The van der Waals surface area contributed by atoms with Crippen molar-refractivity contribution in [2.24, 2.45) is 0 Å². The predicted octanol–water partition coefficient (Wildman–Crippen LogP) is 3.70. The molecule has 2 N–H and O–H groups in total. The topological polar surface area (TPSA) is 98.9 Å². The molecule has 2 fully saturated rings. The van der Waals surface area contributed by atoms with E-state index in [4.69, 9.17) is 10.1 Å². The van der Waals surface area contributed by atoms with Gasteiger partial charge in [-0.15, -0.1) is 0 Å². The van der Waals surface area contributed by atoms with E-state index in [9.17, 15) is 4.79 Å². The number of hydrogen-bond donors (Lipinski definition) is 2. The van der Waals surface area contributed by atoms with Crippen LogP contribution >= 0.6 is 0 Å². The van der Waals surface area contributed by atoms with Gasteiger partial charge in [-0.05, 0) is 31.0 Å². The molecule has 2 saturated heterocycles. The smallest absolute Gasteiger partial charge is 0.304 e. The standard InChI is InChI=1S/C27H29N7O2/c1-18(19-5-3-2-4-6-19)30-24-13-20(7-9-28-24)23-15-25-29-10-12-33(25)27(31-23)34-17-21-14-22(34)16-32(21)11-8-26(35)36/h2-7,9-10,12-13,15,18,21-22H,8,11,14,16-17H2,1H3,(H,28,30)(H,35,36)/t18-,21?,22?/m0/s1. The molecule has 9 nitrogen and oxygen atoms in total. The van der Waals surface area contributed by atoms with E-state index in [1.54, 1.807) is 6.20 Å². The molecule has 36 heavy (non-hydrogen) atoms. The summed E-state index contributed by atoms with van der Waals surface area (Å²) in [5.74, 6) is 0.938. The van der Waals surface area contributed by atoms with Crippen LogP contribution in [0.25, 0.3) is 16.9 Å². The SMILES string of the molecule is C[C@H](Nc1cc(-c2cc3nccn3c(N3CC4CC3CN4CCC(=O)O)n2)ccn1)c1ccccc1. The largest absolute Gasteiger partial charge is 0.481 e. The third-order valence-corrected chi connectivity index (χ3v) is 7.31. The first-order valence-electron chi connectivity index (χ1n) is 12.4. The van der Waals surface area contributed by atoms with Crippen LogP contribution in [0.5, 0.6) is 0 Å². The van der Waals surface area contributed by atoms with Gasteiger partial charge in [-0.1, -0.05) is 30.3 Å². The number of carbonyl (C=O) groups is 1. The van der Waals surface area contributed by atoms with Crippen LogP contribution in [0.3, 0.4) is 0 Å². The minimum atomic E-state index is -0.742. The van der Waals surface area contributed by atoms with E-state index in [1.807, 2.05) is 53.2 Å². The third-order valence-electron chi connectivity index (χ3n) is 7.31. The number of benzene rings is 1. The number of anilines is 2. The lowest BCUT2D eigenvalue weighted by Gasteiger charge is -2.34. The zero-order valence-corrected chi connectivity index (χ0v) is 20.2. The van der Waals surface area contributed by atoms with Crippen molar-refractivity contribution in [2.45, 2.75) is 37.9 Å². The number of hydrogen-bond acceptors (Lipinski definition) is 7. The zero-order valence-electron chi connectivity index (χ0n) is 20.2. The highest BCUT2D eigenvalue weighted by Gasteiger charge is 2.44. The van der Waals surface area contributed by atoms with E-state index < -0.39 is 5.97 Å². The van der Waals surface area contributed by atoms with Gasteiger partial charge in [-0.2, -0.15) is 0 Å². The maximum Gasteiger partial charge on any atom is 0.304 e. The normalized spacial score (nSPS) is 20.2. The van der Waals surface area contributed by atoms with Crippen LogP contribution in [0.1, 0.15) is 31.4 Å². The zero-order chi connectivity index (χ0) is 24.6. The molecule has 4 aromatic rings. The predicted molar refractivity (Wildman–Crippen MR) is 138 cm³/mol. The average molecular weight is 484 g/mol. The van der Waals surface area contributed by atoms with Gasteiger partial charge in [0.25, 0.3) is 0 Å². The van der Waals surface area contributed by atoms with Crippen LogP contribution in [0.15, 0.2) is 67.1 Å². The molecule has 1 aromatic carbocycles. The molecule has 2 bridgehead atoms. The molecule has 5 heterocycles. The van der Waals surface area contributed by atoms with Gasteiger partial charge in [0, 0.05) is 68.0 Å². The lowest BCUT2D eigenvalue weighted by atomic mass is 10.1. The number of fused-ring (bicyclic) bond motifs is 3. The lowest BCUT2D eigenvalue weighted by Crippen LogP contribution is -2.47. The van der Waals surface area contributed by atoms with Gasteiger partial charge < -0.3 is 15.3 Å². The van der Waals surface area contributed by atoms with Crippen molar-refractivity contribution >= 4 is 23.4 Å². The summed E-state index contributed by atoms with van der Waals surface area (Å²) in [4.78, 5) is 29.9. The van der Waals surface area contributed by atoms with E-state index >= 15 is 0 Å². The second-order valence-electron chi connectivity index (χ2n) is 9.64. The molecule has 2 aliphatic heterocycles. The van der Waals surface area contributed by atoms with Crippen molar-refractivity contribution in [3.05, 3.63) is 72.7 Å². The molecular formula is C27H29N7O2. The van der Waals surface area contributed by atoms with Gasteiger partial charge >= 0.3 is 5.97 Å². The van der Waals surface area contributed by atoms with Crippen LogP contribution in [-0.4, -0.2) is 67.0 Å². The van der Waals surface area contributed by atoms with E-state index in [0.717, 1.165) is 48.2 Å². The second-order valence-corrected chi connectivity index (χ2v) is 9.64. The lowest BCUT2D eigenvalue weighted by molar-refractivity contribution is -0.137. The van der Waals surface area contributed by atoms with Gasteiger partial charge in [0.05, 0.1) is 12.1 Å². The Labute approximate surface area is 209 Å². The Bertz CT molecular complexity index is 1390. The van der Waals surface area contributed by atoms with Crippen molar-refractivity contribution in [3.63, 3.8) is 0 Å². The molecule has 3 atom stereocenters. The first kappa shape index (κ1) is 22.5. The van der Waals surface area contributed by atoms with E-state index in [0.29, 0.717) is 18.6 Å². The quantitative estimate of drug-likeness (QED) is 0.391. The number of likely N-dealkylation sites (tertiary alicyclic amines) is 1. The van der Waals surface area contributed by atoms with Crippen LogP contribution in [0.2, 0.25) is 0 Å². The van der Waals surface area contributed by atoms with E-state index in [-0.39, 0.29) is 12.5 Å². The molecule has 9 heteroatoms. The Morgan fingerprint density at radius 2 is 1.97 bits per heavy atom. The number of pyridine rings is 1. The van der Waals surface area contributed by atoms with Crippen molar-refractivity contribution in [2.75, 3.05) is 29.9 Å². The Kier molecular flexibility index (Phi) is 5.77.